The Hall–Kier alpha value is -4.21. The lowest BCUT2D eigenvalue weighted by Crippen LogP contribution is -2.26. The van der Waals surface area contributed by atoms with Crippen LogP contribution in [0.3, 0.4) is 0 Å². The maximum absolute atomic E-state index is 15.0. The number of aromatic hydroxyl groups is 1. The first-order valence-electron chi connectivity index (χ1n) is 9.52. The van der Waals surface area contributed by atoms with Crippen molar-refractivity contribution in [1.29, 1.82) is 0 Å². The first-order valence-corrected chi connectivity index (χ1v) is 9.52. The maximum atomic E-state index is 15.0. The number of hydrogen-bond acceptors (Lipinski definition) is 6. The molecule has 1 aromatic heterocycles. The molecule has 1 aliphatic rings. The van der Waals surface area contributed by atoms with E-state index in [2.05, 4.69) is 0 Å². The Morgan fingerprint density at radius 3 is 2.56 bits per heavy atom. The van der Waals surface area contributed by atoms with Gasteiger partial charge in [-0.2, -0.15) is 0 Å². The van der Waals surface area contributed by atoms with Crippen molar-refractivity contribution in [1.82, 2.24) is 4.57 Å². The molecule has 0 spiro atoms. The monoisotopic (exact) mass is 440 g/mol. The molecule has 2 unspecified atom stereocenters. The van der Waals surface area contributed by atoms with Crippen LogP contribution in [0.25, 0.3) is 16.8 Å². The summed E-state index contributed by atoms with van der Waals surface area (Å²) >= 11 is 0. The molecule has 2 N–H and O–H groups in total. The third-order valence-electron chi connectivity index (χ3n) is 5.57. The van der Waals surface area contributed by atoms with Crippen LogP contribution in [0.15, 0.2) is 53.5 Å². The lowest BCUT2D eigenvalue weighted by molar-refractivity contribution is -0.528. The molecular weight excluding hydrogens is 423 g/mol. The minimum Gasteiger partial charge on any atom is -0.506 e. The third kappa shape index (κ3) is 3.35. The molecular formula is C22H17FN2O7. The van der Waals surface area contributed by atoms with Gasteiger partial charge < -0.3 is 14.9 Å². The first-order chi connectivity index (χ1) is 15.2. The minimum absolute atomic E-state index is 0.236. The molecule has 164 valence electrons. The van der Waals surface area contributed by atoms with E-state index in [4.69, 9.17) is 4.74 Å². The number of carboxylic acids is 1. The zero-order valence-electron chi connectivity index (χ0n) is 16.7. The van der Waals surface area contributed by atoms with Crippen molar-refractivity contribution in [2.24, 2.45) is 0 Å². The van der Waals surface area contributed by atoms with Gasteiger partial charge >= 0.3 is 5.97 Å². The topological polar surface area (TPSA) is 132 Å². The molecule has 0 radical (unpaired) electrons. The second-order valence-electron chi connectivity index (χ2n) is 7.34. The van der Waals surface area contributed by atoms with Gasteiger partial charge in [0, 0.05) is 16.9 Å². The molecule has 1 heterocycles. The third-order valence-corrected chi connectivity index (χ3v) is 5.57. The zero-order valence-corrected chi connectivity index (χ0v) is 16.7. The van der Waals surface area contributed by atoms with Crippen LogP contribution < -0.4 is 10.3 Å². The average Bonchev–Trinajstić information content (AvgIpc) is 3.19. The number of carbonyl (C=O) groups is 1. The molecule has 32 heavy (non-hydrogen) atoms. The Labute approximate surface area is 180 Å². The van der Waals surface area contributed by atoms with Crippen LogP contribution in [0.1, 0.15) is 29.5 Å². The van der Waals surface area contributed by atoms with E-state index in [-0.39, 0.29) is 11.3 Å². The van der Waals surface area contributed by atoms with Gasteiger partial charge in [-0.1, -0.05) is 18.2 Å². The van der Waals surface area contributed by atoms with Gasteiger partial charge in [0.1, 0.15) is 17.3 Å². The predicted octanol–water partition coefficient (Wildman–Crippen LogP) is 3.25. The lowest BCUT2D eigenvalue weighted by Gasteiger charge is -2.14. The van der Waals surface area contributed by atoms with Crippen molar-refractivity contribution < 1.29 is 29.1 Å². The summed E-state index contributed by atoms with van der Waals surface area (Å²) in [4.78, 5) is 35.3. The van der Waals surface area contributed by atoms with Gasteiger partial charge in [0.25, 0.3) is 5.56 Å². The van der Waals surface area contributed by atoms with E-state index in [1.165, 1.54) is 19.2 Å². The van der Waals surface area contributed by atoms with Crippen molar-refractivity contribution in [3.63, 3.8) is 0 Å². The number of benzene rings is 2. The highest BCUT2D eigenvalue weighted by Gasteiger charge is 2.46. The molecule has 1 aliphatic carbocycles. The summed E-state index contributed by atoms with van der Waals surface area (Å²) in [5.41, 5.74) is -0.765. The normalized spacial score (nSPS) is 17.1. The number of ether oxygens (including phenoxy) is 1. The fraction of sp³-hybridized carbons (Fsp3) is 0.182. The fourth-order valence-corrected chi connectivity index (χ4v) is 4.06. The number of hydrogen-bond donors (Lipinski definition) is 2. The molecule has 0 saturated heterocycles. The number of nitrogens with zero attached hydrogens (tertiary/aromatic N) is 2. The predicted molar refractivity (Wildman–Crippen MR) is 110 cm³/mol. The smallest absolute Gasteiger partial charge is 0.311 e. The molecule has 0 saturated carbocycles. The molecule has 0 aliphatic heterocycles. The van der Waals surface area contributed by atoms with Crippen molar-refractivity contribution in [3.05, 3.63) is 86.1 Å². The Morgan fingerprint density at radius 1 is 1.22 bits per heavy atom. The standard InChI is InChI=1S/C22H17FN2O7/c1-32-13-4-2-3-11(7-13)12-5-6-16(15(23)8-12)24-10-18(26)19-14(22(28)29)9-17(25(30)31)20(19)21(24)27/h2-8,10,14,17,26H,9H2,1H3,(H,28,29). The summed E-state index contributed by atoms with van der Waals surface area (Å²) in [6.45, 7) is 0. The Bertz CT molecular complexity index is 1320. The van der Waals surface area contributed by atoms with Crippen molar-refractivity contribution >= 4 is 5.97 Å². The number of methoxy groups -OCH3 is 1. The number of halogens is 1. The average molecular weight is 440 g/mol. The molecule has 3 aromatic rings. The summed E-state index contributed by atoms with van der Waals surface area (Å²) < 4.78 is 21.0. The van der Waals surface area contributed by atoms with Gasteiger partial charge in [-0.3, -0.25) is 24.3 Å². The van der Waals surface area contributed by atoms with Gasteiger partial charge in [-0.05, 0) is 35.4 Å². The SMILES string of the molecule is COc1cccc(-c2ccc(-n3cc(O)c4c(c3=O)C([N+](=O)[O-])CC4C(=O)O)c(F)c2)c1. The van der Waals surface area contributed by atoms with E-state index in [9.17, 15) is 29.9 Å². The van der Waals surface area contributed by atoms with E-state index in [1.807, 2.05) is 0 Å². The molecule has 2 aromatic carbocycles. The van der Waals surface area contributed by atoms with Gasteiger partial charge in [0.2, 0.25) is 6.04 Å². The van der Waals surface area contributed by atoms with E-state index in [0.29, 0.717) is 16.9 Å². The van der Waals surface area contributed by atoms with Gasteiger partial charge in [0.05, 0.1) is 30.5 Å². The van der Waals surface area contributed by atoms with E-state index in [1.54, 1.807) is 30.3 Å². The number of fused-ring (bicyclic) bond motifs is 1. The van der Waals surface area contributed by atoms with Gasteiger partial charge in [0.15, 0.2) is 0 Å². The second kappa shape index (κ2) is 7.80. The van der Waals surface area contributed by atoms with Crippen LogP contribution in [-0.2, 0) is 4.79 Å². The number of aliphatic carboxylic acids is 1. The van der Waals surface area contributed by atoms with Crippen molar-refractivity contribution in [2.45, 2.75) is 18.4 Å². The summed E-state index contributed by atoms with van der Waals surface area (Å²) in [5, 5.41) is 31.2. The number of nitro groups is 1. The summed E-state index contributed by atoms with van der Waals surface area (Å²) in [6, 6.07) is 9.35. The van der Waals surface area contributed by atoms with E-state index < -0.39 is 52.0 Å². The van der Waals surface area contributed by atoms with Crippen LogP contribution in [0, 0.1) is 15.9 Å². The highest BCUT2D eigenvalue weighted by atomic mass is 19.1. The number of carboxylic acid groups (broad SMARTS) is 1. The first kappa shape index (κ1) is 21.0. The van der Waals surface area contributed by atoms with Gasteiger partial charge in [-0.15, -0.1) is 0 Å². The summed E-state index contributed by atoms with van der Waals surface area (Å²) in [5.74, 6) is -3.64. The molecule has 0 bridgehead atoms. The molecule has 9 nitrogen and oxygen atoms in total. The lowest BCUT2D eigenvalue weighted by atomic mass is 10.0. The number of rotatable bonds is 5. The molecule has 0 amide bonds. The largest absolute Gasteiger partial charge is 0.506 e. The number of pyridine rings is 1. The van der Waals surface area contributed by atoms with E-state index in [0.717, 1.165) is 10.8 Å². The van der Waals surface area contributed by atoms with Crippen LogP contribution in [-0.4, -0.2) is 32.8 Å². The molecule has 0 fully saturated rings. The Balaban J connectivity index is 1.86. The highest BCUT2D eigenvalue weighted by molar-refractivity contribution is 5.79. The van der Waals surface area contributed by atoms with Crippen LogP contribution in [0.5, 0.6) is 11.5 Å². The minimum atomic E-state index is -1.61. The Kier molecular flexibility index (Phi) is 5.13. The van der Waals surface area contributed by atoms with Gasteiger partial charge in [-0.25, -0.2) is 4.39 Å². The van der Waals surface area contributed by atoms with Crippen LogP contribution in [0.4, 0.5) is 4.39 Å². The van der Waals surface area contributed by atoms with Crippen molar-refractivity contribution in [3.8, 4) is 28.3 Å². The molecule has 10 heteroatoms. The highest BCUT2D eigenvalue weighted by Crippen LogP contribution is 2.44. The molecule has 2 atom stereocenters. The summed E-state index contributed by atoms with van der Waals surface area (Å²) in [6.07, 6.45) is 0.421. The maximum Gasteiger partial charge on any atom is 0.311 e. The summed E-state index contributed by atoms with van der Waals surface area (Å²) in [7, 11) is 1.50. The van der Waals surface area contributed by atoms with Crippen LogP contribution >= 0.6 is 0 Å². The Morgan fingerprint density at radius 2 is 1.94 bits per heavy atom. The quantitative estimate of drug-likeness (QED) is 0.460. The number of aromatic nitrogens is 1. The van der Waals surface area contributed by atoms with Crippen molar-refractivity contribution in [2.75, 3.05) is 7.11 Å². The zero-order chi connectivity index (χ0) is 23.2. The molecule has 4 rings (SSSR count). The van der Waals surface area contributed by atoms with E-state index >= 15 is 4.39 Å². The second-order valence-corrected chi connectivity index (χ2v) is 7.34. The van der Waals surface area contributed by atoms with Crippen LogP contribution in [0.2, 0.25) is 0 Å². The fourth-order valence-electron chi connectivity index (χ4n) is 4.06.